The fraction of sp³-hybridized carbons (Fsp3) is 0.429. The number of H-pyrrole nitrogens is 1. The van der Waals surface area contributed by atoms with Crippen molar-refractivity contribution < 1.29 is 9.53 Å². The molecule has 0 aliphatic carbocycles. The van der Waals surface area contributed by atoms with E-state index in [1.54, 1.807) is 6.92 Å². The highest BCUT2D eigenvalue weighted by Crippen LogP contribution is 2.28. The number of piperidine rings is 1. The van der Waals surface area contributed by atoms with Crippen LogP contribution in [-0.4, -0.2) is 53.8 Å². The first-order valence-electron chi connectivity index (χ1n) is 9.59. The number of para-hydroxylation sites is 1. The second-order valence-corrected chi connectivity index (χ2v) is 7.25. The standard InChI is InChI=1S/C21H26N4O2/c1-14(26)25-9-6-20(24-15-7-10-27-11-8-15)18(13-25)21(22)17-12-23-19-5-3-2-4-16(17)19/h2-5,12,15,23H,6-11,13,22H2,1H3. The summed E-state index contributed by atoms with van der Waals surface area (Å²) in [6, 6.07) is 8.40. The lowest BCUT2D eigenvalue weighted by atomic mass is 9.95. The summed E-state index contributed by atoms with van der Waals surface area (Å²) in [5.41, 5.74) is 11.4. The lowest BCUT2D eigenvalue weighted by molar-refractivity contribution is -0.128. The van der Waals surface area contributed by atoms with Crippen LogP contribution in [0, 0.1) is 0 Å². The van der Waals surface area contributed by atoms with Gasteiger partial charge in [0.1, 0.15) is 0 Å². The zero-order valence-corrected chi connectivity index (χ0v) is 15.7. The molecule has 6 nitrogen and oxygen atoms in total. The third-order valence-corrected chi connectivity index (χ3v) is 5.49. The van der Waals surface area contributed by atoms with Gasteiger partial charge in [-0.25, -0.2) is 0 Å². The van der Waals surface area contributed by atoms with Crippen LogP contribution in [0.3, 0.4) is 0 Å². The van der Waals surface area contributed by atoms with Gasteiger partial charge in [0.25, 0.3) is 0 Å². The molecule has 27 heavy (non-hydrogen) atoms. The number of carbonyl (C=O) groups is 1. The van der Waals surface area contributed by atoms with Crippen LogP contribution < -0.4 is 5.73 Å². The number of aliphatic imine (C=N–C) groups is 1. The van der Waals surface area contributed by atoms with E-state index in [2.05, 4.69) is 11.1 Å². The number of nitrogens with zero attached hydrogens (tertiary/aromatic N) is 2. The molecule has 1 aromatic heterocycles. The van der Waals surface area contributed by atoms with Crippen molar-refractivity contribution >= 4 is 28.2 Å². The van der Waals surface area contributed by atoms with E-state index in [0.717, 1.165) is 60.2 Å². The Morgan fingerprint density at radius 2 is 2.07 bits per heavy atom. The summed E-state index contributed by atoms with van der Waals surface area (Å²) in [4.78, 5) is 22.1. The average Bonchev–Trinajstić information content (AvgIpc) is 3.12. The van der Waals surface area contributed by atoms with Crippen molar-refractivity contribution in [1.82, 2.24) is 9.88 Å². The fourth-order valence-corrected chi connectivity index (χ4v) is 3.90. The maximum Gasteiger partial charge on any atom is 0.219 e. The largest absolute Gasteiger partial charge is 0.398 e. The number of hydrogen-bond acceptors (Lipinski definition) is 4. The maximum absolute atomic E-state index is 12.0. The number of likely N-dealkylation sites (tertiary alicyclic amines) is 1. The molecule has 2 aromatic rings. The molecule has 0 saturated carbocycles. The number of rotatable bonds is 2. The van der Waals surface area contributed by atoms with E-state index in [0.29, 0.717) is 18.8 Å². The highest BCUT2D eigenvalue weighted by Gasteiger charge is 2.26. The molecule has 2 saturated heterocycles. The van der Waals surface area contributed by atoms with Gasteiger partial charge in [0, 0.05) is 79.3 Å². The molecule has 0 spiro atoms. The predicted octanol–water partition coefficient (Wildman–Crippen LogP) is 2.71. The summed E-state index contributed by atoms with van der Waals surface area (Å²) in [6.45, 7) is 4.35. The van der Waals surface area contributed by atoms with Crippen LogP contribution in [0.1, 0.15) is 31.7 Å². The van der Waals surface area contributed by atoms with Gasteiger partial charge in [-0.3, -0.25) is 9.79 Å². The lowest BCUT2D eigenvalue weighted by Gasteiger charge is -2.31. The average molecular weight is 366 g/mol. The Kier molecular flexibility index (Phi) is 4.99. The second-order valence-electron chi connectivity index (χ2n) is 7.25. The molecule has 1 amide bonds. The monoisotopic (exact) mass is 366 g/mol. The topological polar surface area (TPSA) is 83.7 Å². The Bertz CT molecular complexity index is 906. The molecule has 0 bridgehead atoms. The molecule has 0 radical (unpaired) electrons. The Labute approximate surface area is 159 Å². The number of ether oxygens (including phenoxy) is 1. The van der Waals surface area contributed by atoms with Crippen molar-refractivity contribution in [2.75, 3.05) is 26.3 Å². The first kappa shape index (κ1) is 17.8. The molecule has 4 rings (SSSR count). The summed E-state index contributed by atoms with van der Waals surface area (Å²) in [7, 11) is 0. The van der Waals surface area contributed by atoms with Crippen molar-refractivity contribution in [1.29, 1.82) is 0 Å². The van der Waals surface area contributed by atoms with Crippen LogP contribution in [0.2, 0.25) is 0 Å². The maximum atomic E-state index is 12.0. The molecule has 3 heterocycles. The molecular weight excluding hydrogens is 340 g/mol. The van der Waals surface area contributed by atoms with Crippen LogP contribution in [0.4, 0.5) is 0 Å². The highest BCUT2D eigenvalue weighted by atomic mass is 16.5. The summed E-state index contributed by atoms with van der Waals surface area (Å²) in [5.74, 6) is 0.0735. The summed E-state index contributed by atoms with van der Waals surface area (Å²) >= 11 is 0. The van der Waals surface area contributed by atoms with Crippen LogP contribution in [0.15, 0.2) is 41.0 Å². The number of benzene rings is 1. The zero-order valence-electron chi connectivity index (χ0n) is 15.7. The molecule has 2 aliphatic rings. The van der Waals surface area contributed by atoms with E-state index in [9.17, 15) is 4.79 Å². The van der Waals surface area contributed by atoms with Crippen molar-refractivity contribution in [3.8, 4) is 0 Å². The molecule has 0 unspecified atom stereocenters. The van der Waals surface area contributed by atoms with Crippen LogP contribution in [-0.2, 0) is 9.53 Å². The molecule has 0 atom stereocenters. The van der Waals surface area contributed by atoms with Crippen molar-refractivity contribution in [2.45, 2.75) is 32.2 Å². The highest BCUT2D eigenvalue weighted by molar-refractivity contribution is 6.09. The molecule has 3 N–H and O–H groups in total. The van der Waals surface area contributed by atoms with Gasteiger partial charge in [-0.1, -0.05) is 18.2 Å². The molecule has 142 valence electrons. The van der Waals surface area contributed by atoms with E-state index < -0.39 is 0 Å². The van der Waals surface area contributed by atoms with Gasteiger partial charge >= 0.3 is 0 Å². The molecule has 2 fully saturated rings. The number of aromatic amines is 1. The van der Waals surface area contributed by atoms with Crippen molar-refractivity contribution in [3.63, 3.8) is 0 Å². The first-order valence-corrected chi connectivity index (χ1v) is 9.59. The van der Waals surface area contributed by atoms with E-state index >= 15 is 0 Å². The predicted molar refractivity (Wildman–Crippen MR) is 108 cm³/mol. The number of amides is 1. The number of nitrogens with two attached hydrogens (primary N) is 1. The number of fused-ring (bicyclic) bond motifs is 1. The first-order chi connectivity index (χ1) is 13.1. The summed E-state index contributed by atoms with van der Waals surface area (Å²) in [6.07, 6.45) is 4.58. The number of aromatic nitrogens is 1. The van der Waals surface area contributed by atoms with Gasteiger partial charge in [0.15, 0.2) is 0 Å². The lowest BCUT2D eigenvalue weighted by Crippen LogP contribution is -2.40. The van der Waals surface area contributed by atoms with E-state index in [1.807, 2.05) is 29.3 Å². The Morgan fingerprint density at radius 1 is 1.30 bits per heavy atom. The van der Waals surface area contributed by atoms with Crippen LogP contribution >= 0.6 is 0 Å². The van der Waals surface area contributed by atoms with Gasteiger partial charge < -0.3 is 20.4 Å². The van der Waals surface area contributed by atoms with Crippen LogP contribution in [0.5, 0.6) is 0 Å². The van der Waals surface area contributed by atoms with Crippen LogP contribution in [0.25, 0.3) is 16.6 Å². The quantitative estimate of drug-likeness (QED) is 0.857. The van der Waals surface area contributed by atoms with Gasteiger partial charge in [-0.05, 0) is 18.9 Å². The Morgan fingerprint density at radius 3 is 2.85 bits per heavy atom. The van der Waals surface area contributed by atoms with Gasteiger partial charge in [0.2, 0.25) is 5.91 Å². The van der Waals surface area contributed by atoms with E-state index in [4.69, 9.17) is 15.5 Å². The Balaban J connectivity index is 1.76. The SMILES string of the molecule is CC(=O)N1CCC(=NC2CCOCC2)C(=C(N)c2c[nH]c3ccccc23)C1. The summed E-state index contributed by atoms with van der Waals surface area (Å²) < 4.78 is 5.46. The number of nitrogens with one attached hydrogen (secondary N) is 1. The van der Waals surface area contributed by atoms with Crippen molar-refractivity contribution in [3.05, 3.63) is 41.6 Å². The third-order valence-electron chi connectivity index (χ3n) is 5.49. The normalized spacial score (nSPS) is 22.4. The second kappa shape index (κ2) is 7.56. The van der Waals surface area contributed by atoms with Gasteiger partial charge in [-0.2, -0.15) is 0 Å². The minimum Gasteiger partial charge on any atom is -0.398 e. The number of carbonyl (C=O) groups excluding carboxylic acids is 1. The zero-order chi connectivity index (χ0) is 18.8. The number of hydrogen-bond donors (Lipinski definition) is 2. The molecule has 2 aliphatic heterocycles. The van der Waals surface area contributed by atoms with Gasteiger partial charge in [-0.15, -0.1) is 0 Å². The molecule has 1 aromatic carbocycles. The Hall–Kier alpha value is -2.60. The molecular formula is C21H26N4O2. The summed E-state index contributed by atoms with van der Waals surface area (Å²) in [5, 5.41) is 1.09. The fourth-order valence-electron chi connectivity index (χ4n) is 3.90. The van der Waals surface area contributed by atoms with Crippen molar-refractivity contribution in [2.24, 2.45) is 10.7 Å². The van der Waals surface area contributed by atoms with E-state index in [-0.39, 0.29) is 11.9 Å². The van der Waals surface area contributed by atoms with E-state index in [1.165, 1.54) is 0 Å². The smallest absolute Gasteiger partial charge is 0.219 e. The third kappa shape index (κ3) is 3.62. The minimum atomic E-state index is 0.0735. The minimum absolute atomic E-state index is 0.0735. The molecule has 6 heteroatoms. The van der Waals surface area contributed by atoms with Gasteiger partial charge in [0.05, 0.1) is 6.04 Å².